The van der Waals surface area contributed by atoms with Gasteiger partial charge in [0.1, 0.15) is 6.10 Å². The Hall–Kier alpha value is -2.26. The molecule has 1 atom stereocenters. The average Bonchev–Trinajstić information content (AvgIpc) is 2.49. The summed E-state index contributed by atoms with van der Waals surface area (Å²) >= 11 is 0. The number of aliphatic hydroxyl groups excluding tert-OH is 1. The molecule has 3 nitrogen and oxygen atoms in total. The number of benzene rings is 2. The Bertz CT molecular complexity index is 763. The molecule has 0 aliphatic heterocycles. The molecule has 1 unspecified atom stereocenters. The standard InChI is InChI=1S/C17H16N2O/c1-11-5-3-6-13(12(11)2)17(20)14-7-4-8-15-16(14)19-10-9-18-15/h3-10,17,20H,1-2H3. The fourth-order valence-corrected chi connectivity index (χ4v) is 2.47. The Kier molecular flexibility index (Phi) is 3.20. The predicted molar refractivity (Wildman–Crippen MR) is 79.5 cm³/mol. The number of aliphatic hydroxyl groups is 1. The third-order valence-electron chi connectivity index (χ3n) is 3.77. The molecular formula is C17H16N2O. The third-order valence-corrected chi connectivity index (χ3v) is 3.77. The molecule has 1 N–H and O–H groups in total. The van der Waals surface area contributed by atoms with Gasteiger partial charge in [0.15, 0.2) is 0 Å². The van der Waals surface area contributed by atoms with Crippen LogP contribution in [0.1, 0.15) is 28.4 Å². The number of aryl methyl sites for hydroxylation is 1. The van der Waals surface area contributed by atoms with E-state index in [1.54, 1.807) is 12.4 Å². The topological polar surface area (TPSA) is 46.0 Å². The molecule has 3 heteroatoms. The van der Waals surface area contributed by atoms with Gasteiger partial charge in [0, 0.05) is 18.0 Å². The van der Waals surface area contributed by atoms with Gasteiger partial charge in [0.25, 0.3) is 0 Å². The van der Waals surface area contributed by atoms with Crippen LogP contribution in [0.4, 0.5) is 0 Å². The van der Waals surface area contributed by atoms with Gasteiger partial charge in [-0.05, 0) is 36.6 Å². The highest BCUT2D eigenvalue weighted by Crippen LogP contribution is 2.29. The summed E-state index contributed by atoms with van der Waals surface area (Å²) in [5, 5.41) is 10.7. The molecule has 0 aliphatic carbocycles. The van der Waals surface area contributed by atoms with Crippen molar-refractivity contribution in [2.45, 2.75) is 20.0 Å². The van der Waals surface area contributed by atoms with Crippen LogP contribution in [-0.4, -0.2) is 15.1 Å². The fourth-order valence-electron chi connectivity index (χ4n) is 2.47. The first kappa shape index (κ1) is 12.8. The summed E-state index contributed by atoms with van der Waals surface area (Å²) in [5.41, 5.74) is 5.55. The second kappa shape index (κ2) is 5.02. The molecule has 0 aliphatic rings. The van der Waals surface area contributed by atoms with Gasteiger partial charge in [0.2, 0.25) is 0 Å². The quantitative estimate of drug-likeness (QED) is 0.772. The van der Waals surface area contributed by atoms with Gasteiger partial charge in [-0.2, -0.15) is 0 Å². The third kappa shape index (κ3) is 2.06. The van der Waals surface area contributed by atoms with Gasteiger partial charge < -0.3 is 5.11 Å². The lowest BCUT2D eigenvalue weighted by Crippen LogP contribution is -2.04. The molecule has 3 aromatic rings. The molecule has 0 radical (unpaired) electrons. The fraction of sp³-hybridized carbons (Fsp3) is 0.176. The zero-order chi connectivity index (χ0) is 14.1. The summed E-state index contributed by atoms with van der Waals surface area (Å²) in [7, 11) is 0. The van der Waals surface area contributed by atoms with Gasteiger partial charge in [-0.1, -0.05) is 30.3 Å². The molecule has 1 heterocycles. The van der Waals surface area contributed by atoms with Crippen molar-refractivity contribution in [3.05, 3.63) is 71.0 Å². The largest absolute Gasteiger partial charge is 0.384 e. The van der Waals surface area contributed by atoms with Crippen molar-refractivity contribution in [1.29, 1.82) is 0 Å². The van der Waals surface area contributed by atoms with Crippen molar-refractivity contribution in [1.82, 2.24) is 9.97 Å². The summed E-state index contributed by atoms with van der Waals surface area (Å²) < 4.78 is 0. The van der Waals surface area contributed by atoms with Crippen molar-refractivity contribution in [2.75, 3.05) is 0 Å². The Labute approximate surface area is 117 Å². The lowest BCUT2D eigenvalue weighted by Gasteiger charge is -2.16. The molecule has 0 saturated heterocycles. The van der Waals surface area contributed by atoms with E-state index in [1.807, 2.05) is 37.3 Å². The van der Waals surface area contributed by atoms with E-state index in [0.717, 1.165) is 27.7 Å². The number of para-hydroxylation sites is 1. The molecule has 20 heavy (non-hydrogen) atoms. The number of hydrogen-bond donors (Lipinski definition) is 1. The second-order valence-corrected chi connectivity index (χ2v) is 4.96. The molecule has 0 bridgehead atoms. The number of hydrogen-bond acceptors (Lipinski definition) is 3. The van der Waals surface area contributed by atoms with E-state index >= 15 is 0 Å². The van der Waals surface area contributed by atoms with Crippen LogP contribution in [0, 0.1) is 13.8 Å². The Morgan fingerprint density at radius 3 is 2.45 bits per heavy atom. The van der Waals surface area contributed by atoms with E-state index in [-0.39, 0.29) is 0 Å². The number of nitrogens with zero attached hydrogens (tertiary/aromatic N) is 2. The second-order valence-electron chi connectivity index (χ2n) is 4.96. The van der Waals surface area contributed by atoms with E-state index in [2.05, 4.69) is 23.0 Å². The minimum Gasteiger partial charge on any atom is -0.384 e. The van der Waals surface area contributed by atoms with Crippen LogP contribution in [0.3, 0.4) is 0 Å². The maximum absolute atomic E-state index is 10.7. The van der Waals surface area contributed by atoms with Crippen molar-refractivity contribution in [3.8, 4) is 0 Å². The van der Waals surface area contributed by atoms with E-state index in [9.17, 15) is 5.11 Å². The molecule has 2 aromatic carbocycles. The number of rotatable bonds is 2. The molecule has 3 rings (SSSR count). The molecule has 0 spiro atoms. The number of fused-ring (bicyclic) bond motifs is 1. The predicted octanol–water partition coefficient (Wildman–Crippen LogP) is 3.33. The maximum atomic E-state index is 10.7. The van der Waals surface area contributed by atoms with Gasteiger partial charge in [0.05, 0.1) is 11.0 Å². The van der Waals surface area contributed by atoms with Gasteiger partial charge >= 0.3 is 0 Å². The monoisotopic (exact) mass is 264 g/mol. The molecule has 0 saturated carbocycles. The summed E-state index contributed by atoms with van der Waals surface area (Å²) in [6, 6.07) is 11.7. The summed E-state index contributed by atoms with van der Waals surface area (Å²) in [6.45, 7) is 4.08. The van der Waals surface area contributed by atoms with Crippen LogP contribution in [-0.2, 0) is 0 Å². The summed E-state index contributed by atoms with van der Waals surface area (Å²) in [5.74, 6) is 0. The first-order valence-corrected chi connectivity index (χ1v) is 6.62. The van der Waals surface area contributed by atoms with Crippen LogP contribution in [0.15, 0.2) is 48.8 Å². The normalized spacial score (nSPS) is 12.6. The van der Waals surface area contributed by atoms with Crippen LogP contribution in [0.2, 0.25) is 0 Å². The minimum absolute atomic E-state index is 0.685. The van der Waals surface area contributed by atoms with Gasteiger partial charge in [-0.25, -0.2) is 0 Å². The lowest BCUT2D eigenvalue weighted by atomic mass is 9.94. The minimum atomic E-state index is -0.685. The van der Waals surface area contributed by atoms with Crippen molar-refractivity contribution in [3.63, 3.8) is 0 Å². The number of aromatic nitrogens is 2. The molecule has 0 fully saturated rings. The van der Waals surface area contributed by atoms with E-state index in [4.69, 9.17) is 0 Å². The highest BCUT2D eigenvalue weighted by molar-refractivity contribution is 5.78. The summed E-state index contributed by atoms with van der Waals surface area (Å²) in [4.78, 5) is 8.64. The van der Waals surface area contributed by atoms with Crippen molar-refractivity contribution < 1.29 is 5.11 Å². The van der Waals surface area contributed by atoms with Gasteiger partial charge in [-0.3, -0.25) is 9.97 Å². The zero-order valence-electron chi connectivity index (χ0n) is 11.5. The smallest absolute Gasteiger partial charge is 0.106 e. The highest BCUT2D eigenvalue weighted by Gasteiger charge is 2.17. The van der Waals surface area contributed by atoms with Crippen LogP contribution in [0.25, 0.3) is 11.0 Å². The molecule has 1 aromatic heterocycles. The average molecular weight is 264 g/mol. The first-order valence-electron chi connectivity index (χ1n) is 6.62. The Morgan fingerprint density at radius 1 is 0.900 bits per heavy atom. The van der Waals surface area contributed by atoms with Crippen LogP contribution in [0.5, 0.6) is 0 Å². The maximum Gasteiger partial charge on any atom is 0.106 e. The zero-order valence-corrected chi connectivity index (χ0v) is 11.5. The summed E-state index contributed by atoms with van der Waals surface area (Å²) in [6.07, 6.45) is 2.63. The van der Waals surface area contributed by atoms with Crippen LogP contribution >= 0.6 is 0 Å². The van der Waals surface area contributed by atoms with E-state index in [0.29, 0.717) is 0 Å². The first-order chi connectivity index (χ1) is 9.68. The Balaban J connectivity index is 2.18. The van der Waals surface area contributed by atoms with Crippen molar-refractivity contribution in [2.24, 2.45) is 0 Å². The van der Waals surface area contributed by atoms with Gasteiger partial charge in [-0.15, -0.1) is 0 Å². The van der Waals surface area contributed by atoms with Crippen LogP contribution < -0.4 is 0 Å². The van der Waals surface area contributed by atoms with Crippen molar-refractivity contribution >= 4 is 11.0 Å². The Morgan fingerprint density at radius 2 is 1.60 bits per heavy atom. The highest BCUT2D eigenvalue weighted by atomic mass is 16.3. The van der Waals surface area contributed by atoms with E-state index < -0.39 is 6.10 Å². The van der Waals surface area contributed by atoms with E-state index in [1.165, 1.54) is 5.56 Å². The molecule has 100 valence electrons. The SMILES string of the molecule is Cc1cccc(C(O)c2cccc3nccnc23)c1C. The molecule has 0 amide bonds. The molecular weight excluding hydrogens is 248 g/mol. The lowest BCUT2D eigenvalue weighted by molar-refractivity contribution is 0.221.